The van der Waals surface area contributed by atoms with Crippen LogP contribution in [0.25, 0.3) is 0 Å². The zero-order valence-electron chi connectivity index (χ0n) is 38.1. The monoisotopic (exact) mass is 854 g/mol. The normalized spacial score (nSPS) is 21.3. The van der Waals surface area contributed by atoms with E-state index in [1.165, 1.54) is 57.8 Å². The number of ether oxygens (including phenoxy) is 2. The second-order valence-corrected chi connectivity index (χ2v) is 16.2. The highest BCUT2D eigenvalue weighted by Crippen LogP contribution is 2.22. The molecule has 1 aliphatic heterocycles. The first kappa shape index (κ1) is 56.1. The van der Waals surface area contributed by atoms with Gasteiger partial charge in [0.2, 0.25) is 5.91 Å². The molecule has 9 heteroatoms. The molecule has 1 amide bonds. The standard InChI is InChI=1S/C52H87NO8/c1-3-5-7-9-11-13-15-17-18-19-20-21-22-23-24-25-26-27-28-30-32-34-36-38-40-42-48(56)53-45(44-60-52-51(59)50(58)49(57)47(43-54)61-52)46(55)41-39-37-35-33-31-29-16-14-12-10-8-6-4-2/h5,7,11,13,17-18,20-21,23-24,26-27,30,32,39,41,45-47,49-52,54-55,57-59H,3-4,6,8-10,12,14-16,19,22,25,28-29,31,33-38,40,42-44H2,1-2H3,(H,53,56)/b7-5-,13-11-,18-17-,21-20-,24-23-,27-26-,32-30-,41-39+. The van der Waals surface area contributed by atoms with Gasteiger partial charge in [-0.1, -0.05) is 182 Å². The van der Waals surface area contributed by atoms with Crippen molar-refractivity contribution in [2.75, 3.05) is 13.2 Å². The molecule has 7 atom stereocenters. The van der Waals surface area contributed by atoms with Crippen molar-refractivity contribution in [3.63, 3.8) is 0 Å². The Morgan fingerprint density at radius 3 is 1.51 bits per heavy atom. The summed E-state index contributed by atoms with van der Waals surface area (Å²) < 4.78 is 11.2. The van der Waals surface area contributed by atoms with Gasteiger partial charge in [0.05, 0.1) is 25.4 Å². The van der Waals surface area contributed by atoms with Crippen LogP contribution in [0, 0.1) is 0 Å². The summed E-state index contributed by atoms with van der Waals surface area (Å²) in [4.78, 5) is 13.0. The van der Waals surface area contributed by atoms with Crippen molar-refractivity contribution < 1.29 is 39.8 Å². The van der Waals surface area contributed by atoms with Crippen LogP contribution in [0.15, 0.2) is 97.2 Å². The van der Waals surface area contributed by atoms with Gasteiger partial charge in [0.15, 0.2) is 6.29 Å². The van der Waals surface area contributed by atoms with E-state index in [1.54, 1.807) is 6.08 Å². The van der Waals surface area contributed by atoms with Crippen molar-refractivity contribution in [1.82, 2.24) is 5.32 Å². The number of aliphatic hydroxyl groups excluding tert-OH is 5. The highest BCUT2D eigenvalue weighted by Gasteiger charge is 2.44. The Kier molecular flexibility index (Phi) is 37.9. The van der Waals surface area contributed by atoms with Gasteiger partial charge in [-0.25, -0.2) is 0 Å². The molecule has 1 fully saturated rings. The number of aliphatic hydroxyl groups is 5. The molecule has 348 valence electrons. The maximum absolute atomic E-state index is 13.0. The molecule has 7 unspecified atom stereocenters. The topological polar surface area (TPSA) is 149 Å². The van der Waals surface area contributed by atoms with E-state index < -0.39 is 49.5 Å². The van der Waals surface area contributed by atoms with Crippen molar-refractivity contribution >= 4 is 5.91 Å². The molecule has 1 rings (SSSR count). The lowest BCUT2D eigenvalue weighted by molar-refractivity contribution is -0.302. The third-order valence-corrected chi connectivity index (χ3v) is 10.7. The molecule has 0 bridgehead atoms. The van der Waals surface area contributed by atoms with E-state index in [1.807, 2.05) is 6.08 Å². The fourth-order valence-corrected chi connectivity index (χ4v) is 6.84. The lowest BCUT2D eigenvalue weighted by Crippen LogP contribution is -2.60. The summed E-state index contributed by atoms with van der Waals surface area (Å²) in [5.74, 6) is -0.214. The molecule has 61 heavy (non-hydrogen) atoms. The maximum atomic E-state index is 13.0. The van der Waals surface area contributed by atoms with Gasteiger partial charge in [-0.15, -0.1) is 0 Å². The van der Waals surface area contributed by atoms with Gasteiger partial charge in [-0.05, 0) is 77.0 Å². The van der Waals surface area contributed by atoms with Crippen molar-refractivity contribution in [3.05, 3.63) is 97.2 Å². The number of unbranched alkanes of at least 4 members (excludes halogenated alkanes) is 14. The van der Waals surface area contributed by atoms with Crippen LogP contribution in [-0.4, -0.2) is 87.5 Å². The third-order valence-electron chi connectivity index (χ3n) is 10.7. The maximum Gasteiger partial charge on any atom is 0.220 e. The molecular weight excluding hydrogens is 767 g/mol. The molecule has 0 aromatic rings. The van der Waals surface area contributed by atoms with Crippen LogP contribution < -0.4 is 5.32 Å². The minimum absolute atomic E-state index is 0.208. The molecule has 0 saturated carbocycles. The number of carbonyl (C=O) groups excluding carboxylic acids is 1. The van der Waals surface area contributed by atoms with Gasteiger partial charge < -0.3 is 40.3 Å². The summed E-state index contributed by atoms with van der Waals surface area (Å²) in [5, 5.41) is 54.2. The number of allylic oxidation sites excluding steroid dienone is 15. The first-order valence-electron chi connectivity index (χ1n) is 24.0. The molecule has 6 N–H and O–H groups in total. The zero-order valence-corrected chi connectivity index (χ0v) is 38.1. The van der Waals surface area contributed by atoms with Crippen molar-refractivity contribution in [3.8, 4) is 0 Å². The van der Waals surface area contributed by atoms with Crippen LogP contribution >= 0.6 is 0 Å². The van der Waals surface area contributed by atoms with E-state index >= 15 is 0 Å². The van der Waals surface area contributed by atoms with Gasteiger partial charge in [0.25, 0.3) is 0 Å². The Bertz CT molecular complexity index is 1270. The minimum atomic E-state index is -1.58. The molecular formula is C52H87NO8. The molecule has 0 aromatic carbocycles. The lowest BCUT2D eigenvalue weighted by Gasteiger charge is -2.40. The highest BCUT2D eigenvalue weighted by atomic mass is 16.7. The van der Waals surface area contributed by atoms with Gasteiger partial charge in [-0.3, -0.25) is 4.79 Å². The molecule has 9 nitrogen and oxygen atoms in total. The van der Waals surface area contributed by atoms with Gasteiger partial charge in [0, 0.05) is 6.42 Å². The zero-order chi connectivity index (χ0) is 44.4. The predicted octanol–water partition coefficient (Wildman–Crippen LogP) is 10.5. The molecule has 1 aliphatic rings. The first-order valence-corrected chi connectivity index (χ1v) is 24.0. The molecule has 1 heterocycles. The van der Waals surface area contributed by atoms with E-state index in [-0.39, 0.29) is 12.5 Å². The quantitative estimate of drug-likeness (QED) is 0.0266. The van der Waals surface area contributed by atoms with E-state index in [0.29, 0.717) is 12.8 Å². The Morgan fingerprint density at radius 2 is 1.02 bits per heavy atom. The van der Waals surface area contributed by atoms with E-state index in [2.05, 4.69) is 104 Å². The van der Waals surface area contributed by atoms with Crippen LogP contribution in [0.4, 0.5) is 0 Å². The molecule has 0 radical (unpaired) electrons. The number of amides is 1. The fraction of sp³-hybridized carbons (Fsp3) is 0.673. The van der Waals surface area contributed by atoms with Gasteiger partial charge >= 0.3 is 0 Å². The number of nitrogens with one attached hydrogen (secondary N) is 1. The van der Waals surface area contributed by atoms with Crippen LogP contribution in [0.1, 0.15) is 168 Å². The second-order valence-electron chi connectivity index (χ2n) is 16.2. The SMILES string of the molecule is CC/C=C\C/C=C\C/C=C\C/C=C\C/C=C\C/C=C\C/C=C\CCCCCC(=O)NC(COC1OC(CO)C(O)C(O)C1O)C(O)/C=C/CCCCCCCCCCCCC. The summed E-state index contributed by atoms with van der Waals surface area (Å²) in [5.41, 5.74) is 0. The number of hydrogen-bond acceptors (Lipinski definition) is 8. The Morgan fingerprint density at radius 1 is 0.574 bits per heavy atom. The number of carbonyl (C=O) groups is 1. The molecule has 0 aliphatic carbocycles. The Hall–Kier alpha value is -2.89. The largest absolute Gasteiger partial charge is 0.394 e. The first-order chi connectivity index (χ1) is 29.8. The van der Waals surface area contributed by atoms with Crippen LogP contribution in [0.3, 0.4) is 0 Å². The number of rotatable bonds is 38. The minimum Gasteiger partial charge on any atom is -0.394 e. The molecule has 0 aromatic heterocycles. The summed E-state index contributed by atoms with van der Waals surface area (Å²) >= 11 is 0. The van der Waals surface area contributed by atoms with Crippen LogP contribution in [0.5, 0.6) is 0 Å². The molecule has 0 spiro atoms. The Labute approximate surface area is 371 Å². The smallest absolute Gasteiger partial charge is 0.220 e. The second kappa shape index (κ2) is 41.1. The summed E-state index contributed by atoms with van der Waals surface area (Å²) in [6, 6.07) is -0.828. The van der Waals surface area contributed by atoms with E-state index in [9.17, 15) is 30.3 Å². The summed E-state index contributed by atoms with van der Waals surface area (Å²) in [7, 11) is 0. The highest BCUT2D eigenvalue weighted by molar-refractivity contribution is 5.76. The van der Waals surface area contributed by atoms with Crippen molar-refractivity contribution in [2.45, 2.75) is 211 Å². The van der Waals surface area contributed by atoms with Gasteiger partial charge in [-0.2, -0.15) is 0 Å². The van der Waals surface area contributed by atoms with Crippen LogP contribution in [-0.2, 0) is 14.3 Å². The summed E-state index contributed by atoms with van der Waals surface area (Å²) in [6.07, 6.45) is 51.6. The Balaban J connectivity index is 2.35. The third kappa shape index (κ3) is 31.6. The molecule has 1 saturated heterocycles. The van der Waals surface area contributed by atoms with Crippen LogP contribution in [0.2, 0.25) is 0 Å². The van der Waals surface area contributed by atoms with Gasteiger partial charge in [0.1, 0.15) is 24.4 Å². The van der Waals surface area contributed by atoms with E-state index in [4.69, 9.17) is 9.47 Å². The number of hydrogen-bond donors (Lipinski definition) is 6. The average Bonchev–Trinajstić information content (AvgIpc) is 3.26. The predicted molar refractivity (Wildman–Crippen MR) is 253 cm³/mol. The van der Waals surface area contributed by atoms with Crippen molar-refractivity contribution in [2.24, 2.45) is 0 Å². The van der Waals surface area contributed by atoms with Crippen molar-refractivity contribution in [1.29, 1.82) is 0 Å². The lowest BCUT2D eigenvalue weighted by atomic mass is 9.99. The fourth-order valence-electron chi connectivity index (χ4n) is 6.84. The average molecular weight is 854 g/mol. The summed E-state index contributed by atoms with van der Waals surface area (Å²) in [6.45, 7) is 3.61. The van der Waals surface area contributed by atoms with E-state index in [0.717, 1.165) is 83.5 Å².